The zero-order chi connectivity index (χ0) is 18.0. The van der Waals surface area contributed by atoms with E-state index in [0.29, 0.717) is 11.5 Å². The van der Waals surface area contributed by atoms with E-state index in [4.69, 9.17) is 4.74 Å². The van der Waals surface area contributed by atoms with Crippen molar-refractivity contribution in [2.45, 2.75) is 59.0 Å². The van der Waals surface area contributed by atoms with Gasteiger partial charge >= 0.3 is 6.09 Å². The molecule has 0 spiro atoms. The molecule has 0 heterocycles. The maximum Gasteiger partial charge on any atom is 0.426 e. The van der Waals surface area contributed by atoms with Gasteiger partial charge in [-0.2, -0.15) is 0 Å². The lowest BCUT2D eigenvalue weighted by Crippen LogP contribution is -2.49. The lowest BCUT2D eigenvalue weighted by atomic mass is 10.00. The van der Waals surface area contributed by atoms with Crippen LogP contribution in [0.2, 0.25) is 0 Å². The highest BCUT2D eigenvalue weighted by Gasteiger charge is 2.26. The van der Waals surface area contributed by atoms with Crippen molar-refractivity contribution < 1.29 is 24.3 Å². The molecule has 23 heavy (non-hydrogen) atoms. The van der Waals surface area contributed by atoms with Crippen molar-refractivity contribution in [3.63, 3.8) is 0 Å². The van der Waals surface area contributed by atoms with E-state index in [0.717, 1.165) is 24.3 Å². The molecule has 8 heteroatoms. The predicted molar refractivity (Wildman–Crippen MR) is 84.3 cm³/mol. The van der Waals surface area contributed by atoms with E-state index in [1.165, 1.54) is 7.05 Å². The van der Waals surface area contributed by atoms with Gasteiger partial charge in [0.2, 0.25) is 12.3 Å². The van der Waals surface area contributed by atoms with Crippen molar-refractivity contribution in [3.8, 4) is 0 Å². The Morgan fingerprint density at radius 1 is 1.30 bits per heavy atom. The summed E-state index contributed by atoms with van der Waals surface area (Å²) in [5.74, 6) is -0.996. The second kappa shape index (κ2) is 10.0. The number of carbonyl (C=O) groups excluding carboxylic acids is 3. The van der Waals surface area contributed by atoms with Gasteiger partial charge in [-0.15, -0.1) is 0 Å². The summed E-state index contributed by atoms with van der Waals surface area (Å²) in [6.45, 7) is 7.07. The van der Waals surface area contributed by atoms with Gasteiger partial charge in [-0.25, -0.2) is 15.3 Å². The van der Waals surface area contributed by atoms with Gasteiger partial charge in [0.05, 0.1) is 12.5 Å². The average molecular weight is 331 g/mol. The Morgan fingerprint density at radius 2 is 1.91 bits per heavy atom. The van der Waals surface area contributed by atoms with Gasteiger partial charge in [-0.1, -0.05) is 26.2 Å². The summed E-state index contributed by atoms with van der Waals surface area (Å²) in [6, 6.07) is 0. The van der Waals surface area contributed by atoms with Crippen LogP contribution >= 0.6 is 0 Å². The molecular formula is C15H29N3O5. The minimum atomic E-state index is -0.739. The summed E-state index contributed by atoms with van der Waals surface area (Å²) in [4.78, 5) is 34.6. The summed E-state index contributed by atoms with van der Waals surface area (Å²) < 4.78 is 5.08. The van der Waals surface area contributed by atoms with Crippen molar-refractivity contribution in [2.24, 2.45) is 5.92 Å². The van der Waals surface area contributed by atoms with Crippen LogP contribution in [0.25, 0.3) is 0 Å². The van der Waals surface area contributed by atoms with E-state index in [2.05, 4.69) is 5.43 Å². The molecule has 0 saturated heterocycles. The molecule has 0 aliphatic carbocycles. The molecule has 0 aliphatic heterocycles. The number of nitrogens with zero attached hydrogens (tertiary/aromatic N) is 2. The molecule has 8 nitrogen and oxygen atoms in total. The average Bonchev–Trinajstić information content (AvgIpc) is 2.43. The summed E-state index contributed by atoms with van der Waals surface area (Å²) in [6.07, 6.45) is 2.75. The minimum Gasteiger partial charge on any atom is -0.443 e. The molecule has 1 unspecified atom stereocenters. The highest BCUT2D eigenvalue weighted by Crippen LogP contribution is 2.14. The number of ether oxygens (including phenoxy) is 1. The highest BCUT2D eigenvalue weighted by atomic mass is 16.6. The van der Waals surface area contributed by atoms with Crippen LogP contribution in [-0.4, -0.2) is 52.9 Å². The third-order valence-electron chi connectivity index (χ3n) is 3.02. The van der Waals surface area contributed by atoms with Crippen LogP contribution in [-0.2, 0) is 14.3 Å². The molecule has 0 aliphatic rings. The predicted octanol–water partition coefficient (Wildman–Crippen LogP) is 1.93. The van der Waals surface area contributed by atoms with Crippen molar-refractivity contribution >= 4 is 18.4 Å². The minimum absolute atomic E-state index is 0.119. The molecule has 0 bridgehead atoms. The van der Waals surface area contributed by atoms with Gasteiger partial charge in [0.15, 0.2) is 0 Å². The van der Waals surface area contributed by atoms with Crippen LogP contribution < -0.4 is 5.43 Å². The standard InChI is InChI=1S/C15H29N3O5/c1-6-7-8-9-12(10-18(22)11-19)13(20)17(5)16-14(21)23-15(2,3)4/h11-12,22H,6-10H2,1-5H3,(H,16,21). The van der Waals surface area contributed by atoms with Gasteiger partial charge in [-0.3, -0.25) is 19.8 Å². The number of unbranched alkanes of at least 4 members (excludes halogenated alkanes) is 2. The highest BCUT2D eigenvalue weighted by molar-refractivity contribution is 5.81. The number of hydrazine groups is 1. The number of hydroxylamine groups is 2. The first kappa shape index (κ1) is 21.2. The molecule has 0 rings (SSSR count). The fourth-order valence-corrected chi connectivity index (χ4v) is 1.97. The Labute approximate surface area is 137 Å². The van der Waals surface area contributed by atoms with E-state index in [1.54, 1.807) is 20.8 Å². The molecule has 1 atom stereocenters. The Hall–Kier alpha value is -1.83. The van der Waals surface area contributed by atoms with Gasteiger partial charge in [0.25, 0.3) is 0 Å². The Kier molecular flexibility index (Phi) is 9.24. The van der Waals surface area contributed by atoms with E-state index >= 15 is 0 Å². The normalized spacial score (nSPS) is 12.3. The first-order chi connectivity index (χ1) is 10.6. The van der Waals surface area contributed by atoms with Gasteiger partial charge in [-0.05, 0) is 27.2 Å². The van der Waals surface area contributed by atoms with E-state index < -0.39 is 23.5 Å². The Morgan fingerprint density at radius 3 is 2.39 bits per heavy atom. The molecule has 0 fully saturated rings. The first-order valence-electron chi connectivity index (χ1n) is 7.78. The topological polar surface area (TPSA) is 99.2 Å². The second-order valence-electron chi connectivity index (χ2n) is 6.43. The number of nitrogens with one attached hydrogen (secondary N) is 1. The van der Waals surface area contributed by atoms with Crippen molar-refractivity contribution in [2.75, 3.05) is 13.6 Å². The number of amides is 3. The maximum absolute atomic E-state index is 12.4. The molecule has 0 aromatic rings. The van der Waals surface area contributed by atoms with Gasteiger partial charge in [0.1, 0.15) is 5.60 Å². The lowest BCUT2D eigenvalue weighted by molar-refractivity contribution is -0.157. The SMILES string of the molecule is CCCCCC(CN(O)C=O)C(=O)N(C)NC(=O)OC(C)(C)C. The fraction of sp³-hybridized carbons (Fsp3) is 0.800. The third kappa shape index (κ3) is 9.72. The van der Waals surface area contributed by atoms with Crippen molar-refractivity contribution in [3.05, 3.63) is 0 Å². The Bertz CT molecular complexity index is 395. The van der Waals surface area contributed by atoms with Crippen molar-refractivity contribution in [1.82, 2.24) is 15.5 Å². The number of rotatable bonds is 8. The summed E-state index contributed by atoms with van der Waals surface area (Å²) in [5, 5.41) is 10.8. The number of hydrogen-bond donors (Lipinski definition) is 2. The van der Waals surface area contributed by atoms with Crippen LogP contribution in [0.5, 0.6) is 0 Å². The molecule has 3 amide bonds. The van der Waals surface area contributed by atoms with Gasteiger partial charge < -0.3 is 4.74 Å². The smallest absolute Gasteiger partial charge is 0.426 e. The van der Waals surface area contributed by atoms with Crippen LogP contribution in [0.3, 0.4) is 0 Å². The van der Waals surface area contributed by atoms with Crippen LogP contribution in [0.4, 0.5) is 4.79 Å². The quantitative estimate of drug-likeness (QED) is 0.306. The van der Waals surface area contributed by atoms with E-state index in [9.17, 15) is 19.6 Å². The summed E-state index contributed by atoms with van der Waals surface area (Å²) in [5.41, 5.74) is 1.66. The fourth-order valence-electron chi connectivity index (χ4n) is 1.97. The van der Waals surface area contributed by atoms with E-state index in [-0.39, 0.29) is 13.0 Å². The molecule has 0 radical (unpaired) electrons. The first-order valence-corrected chi connectivity index (χ1v) is 7.78. The molecule has 0 saturated carbocycles. The number of hydrogen-bond acceptors (Lipinski definition) is 5. The molecule has 2 N–H and O–H groups in total. The summed E-state index contributed by atoms with van der Waals surface area (Å²) in [7, 11) is 1.40. The summed E-state index contributed by atoms with van der Waals surface area (Å²) >= 11 is 0. The Balaban J connectivity index is 4.70. The van der Waals surface area contributed by atoms with Crippen LogP contribution in [0.1, 0.15) is 53.4 Å². The molecule has 0 aromatic carbocycles. The zero-order valence-corrected chi connectivity index (χ0v) is 14.7. The zero-order valence-electron chi connectivity index (χ0n) is 14.7. The lowest BCUT2D eigenvalue weighted by Gasteiger charge is -2.27. The molecular weight excluding hydrogens is 302 g/mol. The van der Waals surface area contributed by atoms with Crippen LogP contribution in [0.15, 0.2) is 0 Å². The second-order valence-corrected chi connectivity index (χ2v) is 6.43. The molecule has 134 valence electrons. The molecule has 0 aromatic heterocycles. The number of carbonyl (C=O) groups is 3. The third-order valence-corrected chi connectivity index (χ3v) is 3.02. The largest absolute Gasteiger partial charge is 0.443 e. The van der Waals surface area contributed by atoms with Crippen molar-refractivity contribution in [1.29, 1.82) is 0 Å². The maximum atomic E-state index is 12.4. The van der Waals surface area contributed by atoms with Crippen LogP contribution in [0, 0.1) is 5.92 Å². The van der Waals surface area contributed by atoms with Gasteiger partial charge in [0, 0.05) is 7.05 Å². The monoisotopic (exact) mass is 331 g/mol. The van der Waals surface area contributed by atoms with E-state index in [1.807, 2.05) is 6.92 Å².